The van der Waals surface area contributed by atoms with Crippen LogP contribution in [0.2, 0.25) is 0 Å². The van der Waals surface area contributed by atoms with E-state index >= 15 is 0 Å². The van der Waals surface area contributed by atoms with Gasteiger partial charge < -0.3 is 18.8 Å². The van der Waals surface area contributed by atoms with E-state index in [1.807, 2.05) is 0 Å². The summed E-state index contributed by atoms with van der Waals surface area (Å²) < 4.78 is 10.1. The molecule has 0 N–H and O–H groups in total. The summed E-state index contributed by atoms with van der Waals surface area (Å²) in [5.41, 5.74) is 1.16. The molecule has 1 aliphatic rings. The fraction of sp³-hybridized carbons (Fsp3) is 0.400. The third-order valence-corrected chi connectivity index (χ3v) is 5.17. The highest BCUT2D eigenvalue weighted by molar-refractivity contribution is 5.86. The normalized spacial score (nSPS) is 16.2. The van der Waals surface area contributed by atoms with Gasteiger partial charge in [0.15, 0.2) is 0 Å². The lowest BCUT2D eigenvalue weighted by molar-refractivity contribution is 0.0996. The monoisotopic (exact) mass is 352 g/mol. The number of fused-ring (bicyclic) bond motifs is 1. The van der Waals surface area contributed by atoms with Gasteiger partial charge in [-0.25, -0.2) is 0 Å². The van der Waals surface area contributed by atoms with Crippen molar-refractivity contribution in [2.24, 2.45) is 7.05 Å². The van der Waals surface area contributed by atoms with Gasteiger partial charge in [-0.1, -0.05) is 6.07 Å². The summed E-state index contributed by atoms with van der Waals surface area (Å²) in [6.45, 7) is 3.58. The Hall–Kier alpha value is -2.60. The number of aryl methyl sites for hydroxylation is 1. The van der Waals surface area contributed by atoms with Gasteiger partial charge in [-0.05, 0) is 31.0 Å². The number of likely N-dealkylation sites (tertiary alicyclic amines) is 1. The second kappa shape index (κ2) is 7.33. The first-order valence-corrected chi connectivity index (χ1v) is 9.14. The van der Waals surface area contributed by atoms with Crippen LogP contribution in [-0.2, 0) is 13.6 Å². The molecule has 1 saturated heterocycles. The molecule has 6 heteroatoms. The maximum absolute atomic E-state index is 11.7. The molecule has 0 amide bonds. The molecule has 0 unspecified atom stereocenters. The van der Waals surface area contributed by atoms with Crippen LogP contribution in [0.25, 0.3) is 10.9 Å². The molecule has 0 radical (unpaired) electrons. The smallest absolute Gasteiger partial charge is 0.269 e. The fourth-order valence-electron chi connectivity index (χ4n) is 3.61. The van der Waals surface area contributed by atoms with Crippen molar-refractivity contribution in [3.05, 3.63) is 59.4 Å². The number of aromatic nitrogens is 3. The number of piperidine rings is 1. The van der Waals surface area contributed by atoms with Gasteiger partial charge in [-0.2, -0.15) is 0 Å². The molecular formula is C20H24N4O2. The Kier molecular flexibility index (Phi) is 4.75. The molecule has 0 spiro atoms. The predicted octanol–water partition coefficient (Wildman–Crippen LogP) is 2.28. The fourth-order valence-corrected chi connectivity index (χ4v) is 3.61. The molecule has 0 bridgehead atoms. The molecule has 0 atom stereocenters. The van der Waals surface area contributed by atoms with E-state index in [1.54, 1.807) is 17.0 Å². The average molecular weight is 352 g/mol. The number of benzene rings is 1. The summed E-state index contributed by atoms with van der Waals surface area (Å²) in [5, 5.41) is 1.18. The lowest BCUT2D eigenvalue weighted by atomic mass is 10.1. The Morgan fingerprint density at radius 3 is 2.81 bits per heavy atom. The maximum Gasteiger partial charge on any atom is 0.269 e. The summed E-state index contributed by atoms with van der Waals surface area (Å²) in [6, 6.07) is 8.35. The van der Waals surface area contributed by atoms with E-state index in [-0.39, 0.29) is 11.7 Å². The van der Waals surface area contributed by atoms with Crippen molar-refractivity contribution in [1.82, 2.24) is 19.0 Å². The van der Waals surface area contributed by atoms with Crippen molar-refractivity contribution in [2.75, 3.05) is 19.6 Å². The minimum atomic E-state index is -0.0401. The molecule has 1 aliphatic heterocycles. The van der Waals surface area contributed by atoms with Crippen molar-refractivity contribution in [3.63, 3.8) is 0 Å². The highest BCUT2D eigenvalue weighted by Gasteiger charge is 2.21. The van der Waals surface area contributed by atoms with E-state index in [0.29, 0.717) is 6.54 Å². The van der Waals surface area contributed by atoms with Gasteiger partial charge in [0.25, 0.3) is 5.56 Å². The number of rotatable bonds is 5. The second-order valence-electron chi connectivity index (χ2n) is 6.88. The van der Waals surface area contributed by atoms with Crippen LogP contribution in [0.3, 0.4) is 0 Å². The summed E-state index contributed by atoms with van der Waals surface area (Å²) in [6.07, 6.45) is 9.11. The third-order valence-electron chi connectivity index (χ3n) is 5.17. The van der Waals surface area contributed by atoms with E-state index in [2.05, 4.69) is 52.0 Å². The molecule has 0 aliphatic carbocycles. The van der Waals surface area contributed by atoms with Crippen molar-refractivity contribution in [3.8, 4) is 5.75 Å². The molecule has 6 nitrogen and oxygen atoms in total. The largest absolute Gasteiger partial charge is 0.490 e. The molecule has 1 fully saturated rings. The van der Waals surface area contributed by atoms with Crippen LogP contribution in [0.1, 0.15) is 12.8 Å². The van der Waals surface area contributed by atoms with Gasteiger partial charge >= 0.3 is 0 Å². The maximum atomic E-state index is 11.7. The molecular weight excluding hydrogens is 328 g/mol. The van der Waals surface area contributed by atoms with Crippen LogP contribution in [0.15, 0.2) is 53.8 Å². The quantitative estimate of drug-likeness (QED) is 0.707. The minimum Gasteiger partial charge on any atom is -0.490 e. The Morgan fingerprint density at radius 1 is 1.15 bits per heavy atom. The number of hydrogen-bond donors (Lipinski definition) is 0. The van der Waals surface area contributed by atoms with Crippen molar-refractivity contribution in [2.45, 2.75) is 25.5 Å². The average Bonchev–Trinajstić information content (AvgIpc) is 3.05. The van der Waals surface area contributed by atoms with E-state index in [9.17, 15) is 4.79 Å². The van der Waals surface area contributed by atoms with E-state index in [4.69, 9.17) is 4.74 Å². The summed E-state index contributed by atoms with van der Waals surface area (Å²) in [5.74, 6) is 0.977. The van der Waals surface area contributed by atoms with Crippen LogP contribution in [0.4, 0.5) is 0 Å². The third kappa shape index (κ3) is 3.51. The number of ether oxygens (including phenoxy) is 1. The zero-order chi connectivity index (χ0) is 17.9. The van der Waals surface area contributed by atoms with Crippen LogP contribution in [0, 0.1) is 0 Å². The molecule has 2 aromatic heterocycles. The predicted molar refractivity (Wildman–Crippen MR) is 102 cm³/mol. The van der Waals surface area contributed by atoms with Crippen molar-refractivity contribution >= 4 is 10.9 Å². The molecule has 1 aromatic carbocycles. The second-order valence-corrected chi connectivity index (χ2v) is 6.88. The lowest BCUT2D eigenvalue weighted by Crippen LogP contribution is -2.40. The first-order valence-electron chi connectivity index (χ1n) is 9.14. The topological polar surface area (TPSA) is 52.3 Å². The molecule has 4 rings (SSSR count). The van der Waals surface area contributed by atoms with Gasteiger partial charge in [0.05, 0.1) is 11.7 Å². The van der Waals surface area contributed by atoms with Crippen LogP contribution >= 0.6 is 0 Å². The number of nitrogens with zero attached hydrogens (tertiary/aromatic N) is 4. The summed E-state index contributed by atoms with van der Waals surface area (Å²) in [7, 11) is 2.05. The highest BCUT2D eigenvalue weighted by Crippen LogP contribution is 2.28. The first-order chi connectivity index (χ1) is 12.7. The lowest BCUT2D eigenvalue weighted by Gasteiger charge is -2.32. The SMILES string of the molecule is Cn1ccc2c(OC3CCN(CCn4ccncc4=O)CC3)cccc21. The minimum absolute atomic E-state index is 0.0401. The summed E-state index contributed by atoms with van der Waals surface area (Å²) >= 11 is 0. The van der Waals surface area contributed by atoms with Gasteiger partial charge in [-0.3, -0.25) is 9.78 Å². The van der Waals surface area contributed by atoms with Gasteiger partial charge in [0, 0.05) is 57.2 Å². The summed E-state index contributed by atoms with van der Waals surface area (Å²) in [4.78, 5) is 18.0. The molecule has 0 saturated carbocycles. The Balaban J connectivity index is 1.32. The molecule has 136 valence electrons. The van der Waals surface area contributed by atoms with Crippen LogP contribution < -0.4 is 10.3 Å². The van der Waals surface area contributed by atoms with E-state index < -0.39 is 0 Å². The zero-order valence-corrected chi connectivity index (χ0v) is 15.0. The molecule has 26 heavy (non-hydrogen) atoms. The van der Waals surface area contributed by atoms with Crippen LogP contribution in [0.5, 0.6) is 5.75 Å². The van der Waals surface area contributed by atoms with Gasteiger partial charge in [-0.15, -0.1) is 0 Å². The van der Waals surface area contributed by atoms with Crippen molar-refractivity contribution in [1.29, 1.82) is 0 Å². The van der Waals surface area contributed by atoms with Crippen molar-refractivity contribution < 1.29 is 4.74 Å². The molecule has 3 aromatic rings. The Morgan fingerprint density at radius 2 is 2.00 bits per heavy atom. The highest BCUT2D eigenvalue weighted by atomic mass is 16.5. The Bertz CT molecular complexity index is 938. The van der Waals surface area contributed by atoms with Crippen LogP contribution in [-0.4, -0.2) is 44.8 Å². The number of hydrogen-bond acceptors (Lipinski definition) is 4. The standard InChI is InChI=1S/C20H24N4O2/c1-22-9-7-17-18(22)3-2-4-19(17)26-16-5-10-23(11-6-16)13-14-24-12-8-21-15-20(24)25/h2-4,7-9,12,15-16H,5-6,10-11,13-14H2,1H3. The zero-order valence-electron chi connectivity index (χ0n) is 15.0. The van der Waals surface area contributed by atoms with Gasteiger partial charge in [0.2, 0.25) is 0 Å². The van der Waals surface area contributed by atoms with E-state index in [0.717, 1.165) is 38.2 Å². The van der Waals surface area contributed by atoms with E-state index in [1.165, 1.54) is 17.1 Å². The molecule has 3 heterocycles. The van der Waals surface area contributed by atoms with Gasteiger partial charge in [0.1, 0.15) is 11.9 Å². The Labute approximate surface area is 152 Å². The first kappa shape index (κ1) is 16.8.